The van der Waals surface area contributed by atoms with E-state index in [1.807, 2.05) is 0 Å². The summed E-state index contributed by atoms with van der Waals surface area (Å²) in [5.41, 5.74) is 0. The monoisotopic (exact) mass is 292 g/mol. The van der Waals surface area contributed by atoms with Crippen molar-refractivity contribution >= 4 is 5.78 Å². The highest BCUT2D eigenvalue weighted by molar-refractivity contribution is 5.81. The van der Waals surface area contributed by atoms with E-state index in [1.54, 1.807) is 0 Å². The molecule has 0 spiro atoms. The standard InChI is InChI=1S/C18H32N2O/c1-2-5-15-7-8-18(21)16(12-15)13-19-9-4-11-20-10-3-6-17(20)14-19/h15-17H,2-14H2,1H3. The lowest BCUT2D eigenvalue weighted by molar-refractivity contribution is -0.126. The average Bonchev–Trinajstić information content (AvgIpc) is 2.82. The van der Waals surface area contributed by atoms with Crippen LogP contribution in [0.1, 0.15) is 58.3 Å². The van der Waals surface area contributed by atoms with Crippen LogP contribution < -0.4 is 0 Å². The Kier molecular flexibility index (Phi) is 5.33. The SMILES string of the molecule is CCCC1CCC(=O)C(CN2CCCN3CCCC3C2)C1. The second kappa shape index (κ2) is 7.23. The molecule has 0 aromatic rings. The normalized spacial score (nSPS) is 35.7. The summed E-state index contributed by atoms with van der Waals surface area (Å²) >= 11 is 0. The molecule has 0 N–H and O–H groups in total. The first-order chi connectivity index (χ1) is 10.3. The first-order valence-corrected chi connectivity index (χ1v) is 9.25. The Morgan fingerprint density at radius 1 is 1.14 bits per heavy atom. The number of ketones is 1. The van der Waals surface area contributed by atoms with Crippen molar-refractivity contribution in [2.45, 2.75) is 64.3 Å². The average molecular weight is 292 g/mol. The van der Waals surface area contributed by atoms with Gasteiger partial charge in [-0.1, -0.05) is 19.8 Å². The van der Waals surface area contributed by atoms with Gasteiger partial charge in [-0.2, -0.15) is 0 Å². The van der Waals surface area contributed by atoms with E-state index in [1.165, 1.54) is 58.3 Å². The highest BCUT2D eigenvalue weighted by Crippen LogP contribution is 2.31. The Morgan fingerprint density at radius 3 is 2.86 bits per heavy atom. The van der Waals surface area contributed by atoms with Gasteiger partial charge in [-0.05, 0) is 57.7 Å². The van der Waals surface area contributed by atoms with Crippen LogP contribution in [0.25, 0.3) is 0 Å². The van der Waals surface area contributed by atoms with Crippen LogP contribution in [0, 0.1) is 11.8 Å². The van der Waals surface area contributed by atoms with Crippen molar-refractivity contribution in [2.24, 2.45) is 11.8 Å². The van der Waals surface area contributed by atoms with E-state index in [0.717, 1.165) is 37.8 Å². The Labute approximate surface area is 130 Å². The van der Waals surface area contributed by atoms with Crippen LogP contribution in [0.2, 0.25) is 0 Å². The van der Waals surface area contributed by atoms with E-state index in [2.05, 4.69) is 16.7 Å². The van der Waals surface area contributed by atoms with Crippen LogP contribution >= 0.6 is 0 Å². The van der Waals surface area contributed by atoms with Crippen LogP contribution in [0.15, 0.2) is 0 Å². The van der Waals surface area contributed by atoms with Crippen molar-refractivity contribution in [2.75, 3.05) is 32.7 Å². The van der Waals surface area contributed by atoms with E-state index in [9.17, 15) is 4.79 Å². The van der Waals surface area contributed by atoms with Crippen LogP contribution in [0.5, 0.6) is 0 Å². The second-order valence-electron chi connectivity index (χ2n) is 7.54. The smallest absolute Gasteiger partial charge is 0.137 e. The number of carbonyl (C=O) groups excluding carboxylic acids is 1. The van der Waals surface area contributed by atoms with Crippen LogP contribution in [-0.4, -0.2) is 54.3 Å². The van der Waals surface area contributed by atoms with Crippen LogP contribution in [0.4, 0.5) is 0 Å². The van der Waals surface area contributed by atoms with Gasteiger partial charge >= 0.3 is 0 Å². The number of fused-ring (bicyclic) bond motifs is 1. The summed E-state index contributed by atoms with van der Waals surface area (Å²) < 4.78 is 0. The summed E-state index contributed by atoms with van der Waals surface area (Å²) in [5, 5.41) is 0. The third-order valence-corrected chi connectivity index (χ3v) is 5.94. The number of hydrogen-bond donors (Lipinski definition) is 0. The molecule has 2 saturated heterocycles. The zero-order chi connectivity index (χ0) is 14.7. The predicted molar refractivity (Wildman–Crippen MR) is 86.4 cm³/mol. The van der Waals surface area contributed by atoms with Gasteiger partial charge in [0.15, 0.2) is 0 Å². The Morgan fingerprint density at radius 2 is 2.00 bits per heavy atom. The zero-order valence-electron chi connectivity index (χ0n) is 13.7. The van der Waals surface area contributed by atoms with E-state index in [-0.39, 0.29) is 0 Å². The van der Waals surface area contributed by atoms with E-state index in [0.29, 0.717) is 11.7 Å². The fourth-order valence-corrected chi connectivity index (χ4v) is 4.81. The molecule has 1 saturated carbocycles. The maximum absolute atomic E-state index is 12.3. The maximum Gasteiger partial charge on any atom is 0.137 e. The molecule has 0 aromatic heterocycles. The molecule has 2 heterocycles. The van der Waals surface area contributed by atoms with Crippen molar-refractivity contribution in [3.05, 3.63) is 0 Å². The Hall–Kier alpha value is -0.410. The molecule has 3 unspecified atom stereocenters. The number of carbonyl (C=O) groups is 1. The number of nitrogens with zero attached hydrogens (tertiary/aromatic N) is 2. The minimum atomic E-state index is 0.336. The summed E-state index contributed by atoms with van der Waals surface area (Å²) in [6.07, 6.45) is 9.78. The Balaban J connectivity index is 1.55. The quantitative estimate of drug-likeness (QED) is 0.796. The highest BCUT2D eigenvalue weighted by atomic mass is 16.1. The van der Waals surface area contributed by atoms with Crippen LogP contribution in [-0.2, 0) is 4.79 Å². The van der Waals surface area contributed by atoms with Gasteiger partial charge in [0.2, 0.25) is 0 Å². The molecule has 0 bridgehead atoms. The van der Waals surface area contributed by atoms with E-state index < -0.39 is 0 Å². The lowest BCUT2D eigenvalue weighted by Gasteiger charge is -2.33. The first-order valence-electron chi connectivity index (χ1n) is 9.25. The molecule has 3 rings (SSSR count). The van der Waals surface area contributed by atoms with Gasteiger partial charge < -0.3 is 4.90 Å². The molecule has 0 radical (unpaired) electrons. The van der Waals surface area contributed by atoms with E-state index >= 15 is 0 Å². The topological polar surface area (TPSA) is 23.6 Å². The molecular weight excluding hydrogens is 260 g/mol. The van der Waals surface area contributed by atoms with Crippen molar-refractivity contribution in [3.63, 3.8) is 0 Å². The number of Topliss-reactive ketones (excluding diaryl/α,β-unsaturated/α-hetero) is 1. The van der Waals surface area contributed by atoms with Crippen molar-refractivity contribution in [3.8, 4) is 0 Å². The first kappa shape index (κ1) is 15.5. The summed E-state index contributed by atoms with van der Waals surface area (Å²) in [6, 6.07) is 0.776. The molecule has 21 heavy (non-hydrogen) atoms. The molecule has 2 aliphatic heterocycles. The molecule has 1 aliphatic carbocycles. The minimum Gasteiger partial charge on any atom is -0.301 e. The maximum atomic E-state index is 12.3. The minimum absolute atomic E-state index is 0.336. The Bertz CT molecular complexity index is 357. The number of rotatable bonds is 4. The molecule has 3 atom stereocenters. The number of hydrogen-bond acceptors (Lipinski definition) is 3. The molecule has 0 amide bonds. The van der Waals surface area contributed by atoms with Gasteiger partial charge in [0.1, 0.15) is 5.78 Å². The third kappa shape index (κ3) is 3.87. The predicted octanol–water partition coefficient (Wildman–Crippen LogP) is 2.94. The lowest BCUT2D eigenvalue weighted by Crippen LogP contribution is -2.41. The molecule has 3 fully saturated rings. The van der Waals surface area contributed by atoms with Crippen molar-refractivity contribution in [1.82, 2.24) is 9.80 Å². The van der Waals surface area contributed by atoms with Gasteiger partial charge in [-0.15, -0.1) is 0 Å². The van der Waals surface area contributed by atoms with Crippen molar-refractivity contribution in [1.29, 1.82) is 0 Å². The summed E-state index contributed by atoms with van der Waals surface area (Å²) in [6.45, 7) is 8.31. The molecular formula is C18H32N2O. The summed E-state index contributed by atoms with van der Waals surface area (Å²) in [7, 11) is 0. The van der Waals surface area contributed by atoms with Gasteiger partial charge in [0, 0.05) is 31.5 Å². The van der Waals surface area contributed by atoms with Gasteiger partial charge in [-0.25, -0.2) is 0 Å². The fraction of sp³-hybridized carbons (Fsp3) is 0.944. The highest BCUT2D eigenvalue weighted by Gasteiger charge is 2.33. The lowest BCUT2D eigenvalue weighted by atomic mass is 9.78. The third-order valence-electron chi connectivity index (χ3n) is 5.94. The largest absolute Gasteiger partial charge is 0.301 e. The summed E-state index contributed by atoms with van der Waals surface area (Å²) in [5.74, 6) is 1.70. The molecule has 0 aromatic carbocycles. The molecule has 3 aliphatic rings. The zero-order valence-corrected chi connectivity index (χ0v) is 13.7. The van der Waals surface area contributed by atoms with Gasteiger partial charge in [0.05, 0.1) is 0 Å². The fourth-order valence-electron chi connectivity index (χ4n) is 4.81. The van der Waals surface area contributed by atoms with Gasteiger partial charge in [0.25, 0.3) is 0 Å². The molecule has 120 valence electrons. The molecule has 3 heteroatoms. The van der Waals surface area contributed by atoms with E-state index in [4.69, 9.17) is 0 Å². The summed E-state index contributed by atoms with van der Waals surface area (Å²) in [4.78, 5) is 17.6. The second-order valence-corrected chi connectivity index (χ2v) is 7.54. The van der Waals surface area contributed by atoms with Crippen molar-refractivity contribution < 1.29 is 4.79 Å². The molecule has 3 nitrogen and oxygen atoms in total. The van der Waals surface area contributed by atoms with Gasteiger partial charge in [-0.3, -0.25) is 9.69 Å². The van der Waals surface area contributed by atoms with Crippen LogP contribution in [0.3, 0.4) is 0 Å².